The second kappa shape index (κ2) is 13.8. The van der Waals surface area contributed by atoms with Gasteiger partial charge in [-0.05, 0) is 97.2 Å². The van der Waals surface area contributed by atoms with Gasteiger partial charge in [0.15, 0.2) is 8.07 Å². The van der Waals surface area contributed by atoms with E-state index in [1.807, 2.05) is 54.6 Å². The van der Waals surface area contributed by atoms with Gasteiger partial charge in [0, 0.05) is 27.8 Å². The van der Waals surface area contributed by atoms with Gasteiger partial charge in [0.25, 0.3) is 0 Å². The Morgan fingerprint density at radius 2 is 0.964 bits per heavy atom. The van der Waals surface area contributed by atoms with Gasteiger partial charge in [-0.2, -0.15) is 0 Å². The smallest absolute Gasteiger partial charge is 0.179 e. The first-order chi connectivity index (χ1) is 31.0. The van der Waals surface area contributed by atoms with Crippen molar-refractivity contribution in [3.8, 4) is 11.1 Å². The molecular weight excluding hydrogens is 683 g/mol. The van der Waals surface area contributed by atoms with Gasteiger partial charge in [-0.25, -0.2) is 0 Å². The fourth-order valence-electron chi connectivity index (χ4n) is 7.89. The van der Waals surface area contributed by atoms with Gasteiger partial charge in [-0.15, -0.1) is 0 Å². The first-order valence-electron chi connectivity index (χ1n) is 22.6. The lowest BCUT2D eigenvalue weighted by molar-refractivity contribution is 0.669. The Morgan fingerprint density at radius 3 is 1.58 bits per heavy atom. The van der Waals surface area contributed by atoms with Crippen LogP contribution < -0.4 is 25.6 Å². The van der Waals surface area contributed by atoms with Crippen molar-refractivity contribution in [2.75, 3.05) is 4.90 Å². The van der Waals surface area contributed by atoms with E-state index >= 15 is 0 Å². The zero-order valence-electron chi connectivity index (χ0n) is 38.5. The molecule has 0 aliphatic rings. The normalized spacial score (nSPS) is 13.9. The van der Waals surface area contributed by atoms with E-state index in [0.29, 0.717) is 49.6 Å². The van der Waals surface area contributed by atoms with Crippen molar-refractivity contribution in [1.29, 1.82) is 0 Å². The largest absolute Gasteiger partial charge is 0.456 e. The van der Waals surface area contributed by atoms with Crippen molar-refractivity contribution in [1.82, 2.24) is 0 Å². The SMILES string of the molecule is [2H]c1c([2H])c([2H])c(N(c2ccc(-c3cc([2H])c4c(c3)c([2H])c([2H])c3oc5cccc([2H])c5c34)cc2)c2ccc([Si](c3ccccc3)(c3ccccc3)c3ccccc3)cc2)c([2H])c1[2H]. The second-order valence-electron chi connectivity index (χ2n) is 13.4. The highest BCUT2D eigenvalue weighted by Gasteiger charge is 2.41. The zero-order valence-corrected chi connectivity index (χ0v) is 30.5. The third-order valence-corrected chi connectivity index (χ3v) is 15.2. The van der Waals surface area contributed by atoms with E-state index in [1.165, 1.54) is 15.6 Å². The number of benzene rings is 9. The summed E-state index contributed by atoms with van der Waals surface area (Å²) in [5, 5.41) is 6.48. The Labute approximate surface area is 334 Å². The van der Waals surface area contributed by atoms with E-state index in [0.717, 1.165) is 5.19 Å². The van der Waals surface area contributed by atoms with Gasteiger partial charge >= 0.3 is 0 Å². The lowest BCUT2D eigenvalue weighted by Crippen LogP contribution is -2.74. The van der Waals surface area contributed by atoms with E-state index in [2.05, 4.69) is 84.9 Å². The van der Waals surface area contributed by atoms with Crippen LogP contribution in [0.2, 0.25) is 0 Å². The molecule has 0 saturated carbocycles. The molecule has 10 aromatic rings. The Kier molecular flexibility index (Phi) is 6.12. The molecule has 0 spiro atoms. The molecular formula is C52H37NOSi. The van der Waals surface area contributed by atoms with Gasteiger partial charge in [0.05, 0.1) is 12.3 Å². The monoisotopic (exact) mass is 728 g/mol. The minimum absolute atomic E-state index is 0.00437. The van der Waals surface area contributed by atoms with Crippen LogP contribution in [0.15, 0.2) is 229 Å². The van der Waals surface area contributed by atoms with Crippen molar-refractivity contribution < 1.29 is 16.8 Å². The summed E-state index contributed by atoms with van der Waals surface area (Å²) in [4.78, 5) is 1.69. The lowest BCUT2D eigenvalue weighted by Gasteiger charge is -2.35. The number of furan rings is 1. The van der Waals surface area contributed by atoms with E-state index in [4.69, 9.17) is 15.4 Å². The van der Waals surface area contributed by atoms with Crippen LogP contribution in [0.5, 0.6) is 0 Å². The van der Waals surface area contributed by atoms with Crippen LogP contribution in [0.4, 0.5) is 17.1 Å². The van der Waals surface area contributed by atoms with Crippen LogP contribution in [0.25, 0.3) is 43.8 Å². The molecule has 1 aromatic heterocycles. The summed E-state index contributed by atoms with van der Waals surface area (Å²) < 4.78 is 85.4. The molecule has 0 unspecified atom stereocenters. The summed E-state index contributed by atoms with van der Waals surface area (Å²) in [6.07, 6.45) is 0. The predicted molar refractivity (Wildman–Crippen MR) is 235 cm³/mol. The number of hydrogen-bond donors (Lipinski definition) is 0. The topological polar surface area (TPSA) is 16.4 Å². The Bertz CT molecular complexity index is 3290. The van der Waals surface area contributed by atoms with Crippen molar-refractivity contribution in [2.45, 2.75) is 0 Å². The Morgan fingerprint density at radius 1 is 0.400 bits per heavy atom. The van der Waals surface area contributed by atoms with Gasteiger partial charge in [-0.1, -0.05) is 170 Å². The van der Waals surface area contributed by atoms with Crippen molar-refractivity contribution >= 4 is 78.6 Å². The predicted octanol–water partition coefficient (Wildman–Crippen LogP) is 11.3. The van der Waals surface area contributed by atoms with E-state index in [-0.39, 0.29) is 47.5 Å². The molecule has 0 bridgehead atoms. The van der Waals surface area contributed by atoms with E-state index in [9.17, 15) is 1.37 Å². The number of anilines is 3. The number of hydrogen-bond acceptors (Lipinski definition) is 2. The molecule has 0 atom stereocenters. The highest BCUT2D eigenvalue weighted by Crippen LogP contribution is 2.38. The molecule has 260 valence electrons. The minimum atomic E-state index is -2.90. The highest BCUT2D eigenvalue weighted by molar-refractivity contribution is 7.19. The maximum atomic E-state index is 9.21. The summed E-state index contributed by atoms with van der Waals surface area (Å²) in [6, 6.07) is 53.5. The molecule has 2 nitrogen and oxygen atoms in total. The number of nitrogens with zero attached hydrogens (tertiary/aromatic N) is 1. The Balaban J connectivity index is 1.13. The average molecular weight is 729 g/mol. The molecule has 0 N–H and O–H groups in total. The van der Waals surface area contributed by atoms with Gasteiger partial charge in [0.2, 0.25) is 0 Å². The molecule has 9 aromatic carbocycles. The molecule has 0 saturated heterocycles. The van der Waals surface area contributed by atoms with Gasteiger partial charge in [-0.3, -0.25) is 0 Å². The summed E-state index contributed by atoms with van der Waals surface area (Å²) in [6.45, 7) is 0. The van der Waals surface area contributed by atoms with Crippen LogP contribution in [0, 0.1) is 0 Å². The van der Waals surface area contributed by atoms with Crippen LogP contribution in [-0.2, 0) is 0 Å². The number of fused-ring (bicyclic) bond motifs is 5. The van der Waals surface area contributed by atoms with Crippen LogP contribution in [-0.4, -0.2) is 8.07 Å². The van der Waals surface area contributed by atoms with Crippen LogP contribution >= 0.6 is 0 Å². The molecule has 10 rings (SSSR count). The van der Waals surface area contributed by atoms with Crippen molar-refractivity contribution in [3.05, 3.63) is 224 Å². The third-order valence-electron chi connectivity index (χ3n) is 10.4. The number of rotatable bonds is 8. The first kappa shape index (κ1) is 24.4. The quantitative estimate of drug-likeness (QED) is 0.114. The van der Waals surface area contributed by atoms with Gasteiger partial charge < -0.3 is 9.32 Å². The van der Waals surface area contributed by atoms with E-state index < -0.39 is 26.2 Å². The summed E-state index contributed by atoms with van der Waals surface area (Å²) in [5.74, 6) is 0. The van der Waals surface area contributed by atoms with Crippen LogP contribution in [0.3, 0.4) is 0 Å². The molecule has 3 heteroatoms. The molecule has 0 radical (unpaired) electrons. The summed E-state index contributed by atoms with van der Waals surface area (Å²) in [7, 11) is -2.90. The van der Waals surface area contributed by atoms with Gasteiger partial charge in [0.1, 0.15) is 11.2 Å². The molecule has 0 aliphatic heterocycles. The molecule has 0 fully saturated rings. The first-order valence-corrected chi connectivity index (χ1v) is 20.1. The fraction of sp³-hybridized carbons (Fsp3) is 0. The molecule has 0 amide bonds. The third kappa shape index (κ3) is 5.65. The fourth-order valence-corrected chi connectivity index (χ4v) is 12.6. The van der Waals surface area contributed by atoms with Crippen LogP contribution in [0.1, 0.15) is 12.3 Å². The summed E-state index contributed by atoms with van der Waals surface area (Å²) >= 11 is 0. The minimum Gasteiger partial charge on any atom is -0.456 e. The Hall–Kier alpha value is -6.94. The molecule has 1 heterocycles. The molecule has 0 aliphatic carbocycles. The highest BCUT2D eigenvalue weighted by atomic mass is 28.3. The second-order valence-corrected chi connectivity index (χ2v) is 17.2. The maximum Gasteiger partial charge on any atom is 0.179 e. The average Bonchev–Trinajstić information content (AvgIpc) is 3.73. The standard InChI is InChI=1S/C52H37NOSi/c1-5-15-41(16-6-1)53(42-29-25-38(26-30-42)39-27-35-48-40(37-39)28-36-51-52(48)49-23-13-14-24-50(49)54-51)43-31-33-47(34-32-43)55(44-17-7-2-8-18-44,45-19-9-3-10-20-45)46-21-11-4-12-22-46/h1-37H/i1D,5D,6D,15D,16D,23D,28D,35D,36D. The van der Waals surface area contributed by atoms with E-state index in [1.54, 1.807) is 35.2 Å². The zero-order chi connectivity index (χ0) is 44.4. The lowest BCUT2D eigenvalue weighted by atomic mass is 9.98. The maximum absolute atomic E-state index is 9.21. The number of para-hydroxylation sites is 2. The van der Waals surface area contributed by atoms with Crippen molar-refractivity contribution in [3.63, 3.8) is 0 Å². The van der Waals surface area contributed by atoms with Crippen molar-refractivity contribution in [2.24, 2.45) is 0 Å². The summed E-state index contributed by atoms with van der Waals surface area (Å²) in [5.41, 5.74) is 3.02. The molecule has 55 heavy (non-hydrogen) atoms.